The van der Waals surface area contributed by atoms with Crippen molar-refractivity contribution in [2.24, 2.45) is 7.05 Å². The van der Waals surface area contributed by atoms with E-state index >= 15 is 0 Å². The second-order valence-electron chi connectivity index (χ2n) is 20.2. The van der Waals surface area contributed by atoms with Crippen molar-refractivity contribution in [2.75, 3.05) is 9.80 Å². The van der Waals surface area contributed by atoms with Gasteiger partial charge in [-0.1, -0.05) is 168 Å². The van der Waals surface area contributed by atoms with Crippen LogP contribution in [0.4, 0.5) is 34.1 Å². The Balaban J connectivity index is 1.17. The summed E-state index contributed by atoms with van der Waals surface area (Å²) in [6.07, 6.45) is 11.3. The van der Waals surface area contributed by atoms with Crippen molar-refractivity contribution in [2.45, 2.75) is 72.1 Å². The van der Waals surface area contributed by atoms with Crippen LogP contribution in [0, 0.1) is 11.3 Å². The zero-order valence-corrected chi connectivity index (χ0v) is 44.2. The van der Waals surface area contributed by atoms with Crippen LogP contribution in [0.1, 0.15) is 88.1 Å². The largest absolute Gasteiger partial charge is 0.344 e. The van der Waals surface area contributed by atoms with Gasteiger partial charge < -0.3 is 14.4 Å². The number of nitriles is 1. The van der Waals surface area contributed by atoms with Crippen LogP contribution < -0.4 is 9.80 Å². The second kappa shape index (κ2) is 20.3. The molecule has 0 saturated carbocycles. The lowest BCUT2D eigenvalue weighted by atomic mass is 9.71. The summed E-state index contributed by atoms with van der Waals surface area (Å²) in [5, 5.41) is 15.2. The molecule has 9 aromatic carbocycles. The van der Waals surface area contributed by atoms with E-state index < -0.39 is 0 Å². The number of para-hydroxylation sites is 1. The van der Waals surface area contributed by atoms with E-state index in [0.29, 0.717) is 5.56 Å². The van der Waals surface area contributed by atoms with Gasteiger partial charge >= 0.3 is 0 Å². The van der Waals surface area contributed by atoms with Gasteiger partial charge in [0, 0.05) is 62.6 Å². The van der Waals surface area contributed by atoms with Crippen molar-refractivity contribution in [3.63, 3.8) is 0 Å². The summed E-state index contributed by atoms with van der Waals surface area (Å²) in [4.78, 5) is 4.88. The fourth-order valence-corrected chi connectivity index (χ4v) is 12.5. The number of aromatic nitrogens is 1. The molecule has 368 valence electrons. The van der Waals surface area contributed by atoms with Gasteiger partial charge in [-0.05, 0) is 173 Å². The number of hydrogen-bond donors (Lipinski definition) is 0. The van der Waals surface area contributed by atoms with Crippen LogP contribution in [0.25, 0.3) is 60.4 Å². The molecule has 0 spiro atoms. The molecule has 0 amide bonds. The molecule has 0 bridgehead atoms. The van der Waals surface area contributed by atoms with Crippen molar-refractivity contribution >= 4 is 72.3 Å². The highest BCUT2D eigenvalue weighted by Crippen LogP contribution is 2.59. The zero-order valence-electron chi connectivity index (χ0n) is 44.2. The Kier molecular flexibility index (Phi) is 13.2. The van der Waals surface area contributed by atoms with Gasteiger partial charge in [-0.3, -0.25) is 0 Å². The van der Waals surface area contributed by atoms with Gasteiger partial charge in [0.2, 0.25) is 0 Å². The summed E-state index contributed by atoms with van der Waals surface area (Å²) in [7, 11) is 2.19. The fourth-order valence-electron chi connectivity index (χ4n) is 12.5. The van der Waals surface area contributed by atoms with Gasteiger partial charge in [0.05, 0.1) is 22.8 Å². The zero-order chi connectivity index (χ0) is 51.8. The summed E-state index contributed by atoms with van der Waals surface area (Å²) in [5.41, 5.74) is 21.7. The van der Waals surface area contributed by atoms with Crippen molar-refractivity contribution in [3.8, 4) is 28.3 Å². The molecule has 1 aliphatic carbocycles. The predicted octanol–water partition coefficient (Wildman–Crippen LogP) is 19.9. The number of fused-ring (bicyclic) bond motifs is 8. The molecule has 4 nitrogen and oxygen atoms in total. The molecule has 0 aliphatic heterocycles. The molecule has 1 heterocycles. The standard InChI is InChI=1S/C71H64N4/c1-8-22-58(48(6)11-4)64-43-55(34-33-50(64)12-5)74(57-35-37-61-59-29-18-19-32-67(59)73(7)68(61)45-57)56-36-38-63-65(44-56)71(39-9-2,40-10-3)66-46-69(60-30-16-17-31-62(60)70(63)66)75(53-27-20-23-49(41-53)47-72)54-28-21-26-52(42-54)51-24-14-13-15-25-51/h8,11,13-38,41-46H,4,9-10,12,39-40H2,1-3,5-7H3/b22-8-,58-48+. The minimum atomic E-state index is -0.291. The summed E-state index contributed by atoms with van der Waals surface area (Å²) in [6, 6.07) is 71.6. The maximum absolute atomic E-state index is 10.3. The molecule has 0 saturated heterocycles. The Morgan fingerprint density at radius 1 is 0.587 bits per heavy atom. The number of rotatable bonds is 15. The van der Waals surface area contributed by atoms with Crippen LogP contribution >= 0.6 is 0 Å². The smallest absolute Gasteiger partial charge is 0.0992 e. The van der Waals surface area contributed by atoms with Crippen molar-refractivity contribution < 1.29 is 0 Å². The summed E-state index contributed by atoms with van der Waals surface area (Å²) < 4.78 is 2.34. The minimum Gasteiger partial charge on any atom is -0.344 e. The third kappa shape index (κ3) is 8.34. The predicted molar refractivity (Wildman–Crippen MR) is 320 cm³/mol. The summed E-state index contributed by atoms with van der Waals surface area (Å²) in [6.45, 7) is 15.4. The Labute approximate surface area is 443 Å². The normalized spacial score (nSPS) is 13.0. The quantitative estimate of drug-likeness (QED) is 0.0960. The van der Waals surface area contributed by atoms with Crippen LogP contribution in [0.5, 0.6) is 0 Å². The van der Waals surface area contributed by atoms with Gasteiger partial charge in [-0.25, -0.2) is 0 Å². The first-order valence-corrected chi connectivity index (χ1v) is 26.8. The second-order valence-corrected chi connectivity index (χ2v) is 20.2. The first kappa shape index (κ1) is 48.6. The highest BCUT2D eigenvalue weighted by Gasteiger charge is 2.44. The van der Waals surface area contributed by atoms with E-state index in [9.17, 15) is 5.26 Å². The highest BCUT2D eigenvalue weighted by atomic mass is 15.2. The summed E-state index contributed by atoms with van der Waals surface area (Å²) >= 11 is 0. The lowest BCUT2D eigenvalue weighted by Crippen LogP contribution is -2.26. The SMILES string of the molecule is C=C/C(C)=C(\C=C/C)c1cc(N(c2ccc3c(c2)C(CCC)(CCC)c2cc(N(c4cccc(C#N)c4)c4cccc(-c5ccccc5)c4)c4ccccc4c2-3)c2ccc3c4ccccc4n(C)c3c2)ccc1CC. The molecule has 11 rings (SSSR count). The number of allylic oxidation sites excluding steroid dienone is 5. The number of anilines is 6. The van der Waals surface area contributed by atoms with Crippen LogP contribution in [-0.2, 0) is 18.9 Å². The maximum atomic E-state index is 10.3. The van der Waals surface area contributed by atoms with Crippen molar-refractivity contribution in [3.05, 3.63) is 246 Å². The third-order valence-electron chi connectivity index (χ3n) is 15.9. The average molecular weight is 973 g/mol. The van der Waals surface area contributed by atoms with Gasteiger partial charge in [-0.2, -0.15) is 5.26 Å². The first-order chi connectivity index (χ1) is 36.7. The lowest BCUT2D eigenvalue weighted by Gasteiger charge is -2.35. The van der Waals surface area contributed by atoms with E-state index in [1.54, 1.807) is 0 Å². The average Bonchev–Trinajstić information content (AvgIpc) is 4.01. The third-order valence-corrected chi connectivity index (χ3v) is 15.9. The fraction of sp³-hybridized carbons (Fsp3) is 0.169. The minimum absolute atomic E-state index is 0.291. The van der Waals surface area contributed by atoms with Gasteiger partial charge in [-0.15, -0.1) is 0 Å². The van der Waals surface area contributed by atoms with E-state index in [0.717, 1.165) is 88.3 Å². The molecule has 1 aromatic heterocycles. The van der Waals surface area contributed by atoms with E-state index in [2.05, 4.69) is 251 Å². The van der Waals surface area contributed by atoms with Crippen molar-refractivity contribution in [1.82, 2.24) is 4.57 Å². The molecule has 75 heavy (non-hydrogen) atoms. The Bertz CT molecular complexity index is 3930. The number of nitrogens with zero attached hydrogens (tertiary/aromatic N) is 4. The number of hydrogen-bond acceptors (Lipinski definition) is 3. The molecular weight excluding hydrogens is 909 g/mol. The molecule has 0 atom stereocenters. The van der Waals surface area contributed by atoms with Gasteiger partial charge in [0.15, 0.2) is 0 Å². The van der Waals surface area contributed by atoms with Crippen LogP contribution in [0.2, 0.25) is 0 Å². The van der Waals surface area contributed by atoms with E-state index in [1.165, 1.54) is 66.1 Å². The first-order valence-electron chi connectivity index (χ1n) is 26.8. The molecule has 0 N–H and O–H groups in total. The monoisotopic (exact) mass is 973 g/mol. The van der Waals surface area contributed by atoms with E-state index in [1.807, 2.05) is 24.3 Å². The molecule has 0 radical (unpaired) electrons. The number of aryl methyl sites for hydroxylation is 2. The van der Waals surface area contributed by atoms with Crippen LogP contribution in [0.15, 0.2) is 218 Å². The Morgan fingerprint density at radius 2 is 1.21 bits per heavy atom. The van der Waals surface area contributed by atoms with Gasteiger partial charge in [0.25, 0.3) is 0 Å². The summed E-state index contributed by atoms with van der Waals surface area (Å²) in [5.74, 6) is 0. The van der Waals surface area contributed by atoms with Crippen LogP contribution in [0.3, 0.4) is 0 Å². The van der Waals surface area contributed by atoms with Crippen LogP contribution in [-0.4, -0.2) is 4.57 Å². The van der Waals surface area contributed by atoms with E-state index in [4.69, 9.17) is 0 Å². The highest BCUT2D eigenvalue weighted by molar-refractivity contribution is 6.11. The Hall–Kier alpha value is -8.65. The lowest BCUT2D eigenvalue weighted by molar-refractivity contribution is 0.436. The molecule has 1 aliphatic rings. The van der Waals surface area contributed by atoms with E-state index in [-0.39, 0.29) is 5.41 Å². The molecule has 0 unspecified atom stereocenters. The maximum Gasteiger partial charge on any atom is 0.0992 e. The topological polar surface area (TPSA) is 35.2 Å². The van der Waals surface area contributed by atoms with Crippen molar-refractivity contribution in [1.29, 1.82) is 5.26 Å². The number of benzene rings is 9. The molecular formula is C71H64N4. The molecule has 10 aromatic rings. The molecule has 0 fully saturated rings. The van der Waals surface area contributed by atoms with Gasteiger partial charge in [0.1, 0.15) is 0 Å². The molecule has 4 heteroatoms. The Morgan fingerprint density at radius 3 is 1.95 bits per heavy atom.